The molecule has 2 unspecified atom stereocenters. The summed E-state index contributed by atoms with van der Waals surface area (Å²) in [6, 6.07) is 8.97. The van der Waals surface area contributed by atoms with Gasteiger partial charge >= 0.3 is 0 Å². The summed E-state index contributed by atoms with van der Waals surface area (Å²) in [6.07, 6.45) is 3.27. The maximum Gasteiger partial charge on any atom is 0.255 e. The van der Waals surface area contributed by atoms with E-state index in [1.165, 1.54) is 11.1 Å². The molecular formula is C33H49N5O8. The molecule has 2 atom stereocenters. The number of anilines is 2. The second-order valence-corrected chi connectivity index (χ2v) is 11.8. The number of hydrogen-bond donors (Lipinski definition) is 4. The molecule has 46 heavy (non-hydrogen) atoms. The summed E-state index contributed by atoms with van der Waals surface area (Å²) in [4.78, 5) is 47.2. The molecule has 3 rings (SSSR count). The van der Waals surface area contributed by atoms with Crippen molar-refractivity contribution in [2.45, 2.75) is 71.4 Å². The van der Waals surface area contributed by atoms with Gasteiger partial charge in [-0.25, -0.2) is 0 Å². The van der Waals surface area contributed by atoms with Crippen LogP contribution in [-0.4, -0.2) is 115 Å². The first-order valence-corrected chi connectivity index (χ1v) is 15.9. The number of amides is 3. The lowest BCUT2D eigenvalue weighted by Gasteiger charge is -2.28. The third-order valence-corrected chi connectivity index (χ3v) is 7.01. The number of carbonyl (C=O) groups excluding carboxylic acids is 3. The van der Waals surface area contributed by atoms with Crippen LogP contribution >= 0.6 is 0 Å². The number of carbonyl (C=O) groups is 3. The molecule has 2 aromatic rings. The Morgan fingerprint density at radius 1 is 0.913 bits per heavy atom. The Morgan fingerprint density at radius 3 is 2.20 bits per heavy atom. The van der Waals surface area contributed by atoms with Crippen molar-refractivity contribution in [3.8, 4) is 5.75 Å². The monoisotopic (exact) mass is 643 g/mol. The van der Waals surface area contributed by atoms with E-state index in [4.69, 9.17) is 14.2 Å². The smallest absolute Gasteiger partial charge is 0.255 e. The zero-order valence-corrected chi connectivity index (χ0v) is 27.3. The van der Waals surface area contributed by atoms with E-state index in [0.29, 0.717) is 43.1 Å². The van der Waals surface area contributed by atoms with E-state index in [1.807, 2.05) is 52.0 Å². The number of aliphatic hydroxyl groups is 2. The molecule has 1 aromatic carbocycles. The quantitative estimate of drug-likeness (QED) is 0.240. The normalized spacial score (nSPS) is 15.5. The van der Waals surface area contributed by atoms with Crippen LogP contribution in [0.3, 0.4) is 0 Å². The van der Waals surface area contributed by atoms with Crippen molar-refractivity contribution < 1.29 is 38.8 Å². The number of fused-ring (bicyclic) bond motifs is 3. The summed E-state index contributed by atoms with van der Waals surface area (Å²) >= 11 is 0. The van der Waals surface area contributed by atoms with Crippen molar-refractivity contribution in [1.29, 1.82) is 0 Å². The maximum atomic E-state index is 13.8. The van der Waals surface area contributed by atoms with Crippen molar-refractivity contribution in [3.05, 3.63) is 48.3 Å². The van der Waals surface area contributed by atoms with Gasteiger partial charge in [-0.2, -0.15) is 0 Å². The van der Waals surface area contributed by atoms with Gasteiger partial charge in [0.25, 0.3) is 5.91 Å². The minimum absolute atomic E-state index is 0.000173. The number of para-hydroxylation sites is 2. The van der Waals surface area contributed by atoms with E-state index in [-0.39, 0.29) is 69.0 Å². The topological polar surface area (TPSA) is 163 Å². The predicted octanol–water partition coefficient (Wildman–Crippen LogP) is 2.03. The number of rotatable bonds is 14. The minimum atomic E-state index is -0.872. The number of aliphatic hydroxyl groups excluding tert-OH is 2. The van der Waals surface area contributed by atoms with Crippen molar-refractivity contribution in [3.63, 3.8) is 0 Å². The van der Waals surface area contributed by atoms with Crippen LogP contribution < -0.4 is 20.3 Å². The average Bonchev–Trinajstić information content (AvgIpc) is 3.03. The van der Waals surface area contributed by atoms with Gasteiger partial charge in [0, 0.05) is 25.8 Å². The Hall–Kier alpha value is -3.78. The molecule has 254 valence electrons. The Morgan fingerprint density at radius 2 is 1.54 bits per heavy atom. The molecule has 4 N–H and O–H groups in total. The number of pyridine rings is 1. The molecule has 1 aliphatic heterocycles. The highest BCUT2D eigenvalue weighted by Crippen LogP contribution is 2.34. The average molecular weight is 644 g/mol. The van der Waals surface area contributed by atoms with Crippen molar-refractivity contribution >= 4 is 29.1 Å². The van der Waals surface area contributed by atoms with E-state index in [0.717, 1.165) is 6.42 Å². The Bertz CT molecular complexity index is 1260. The van der Waals surface area contributed by atoms with Crippen LogP contribution in [0.1, 0.15) is 57.3 Å². The Kier molecular flexibility index (Phi) is 15.2. The lowest BCUT2D eigenvalue weighted by molar-refractivity contribution is -0.122. The number of nitrogens with one attached hydrogen (secondary N) is 2. The van der Waals surface area contributed by atoms with Crippen molar-refractivity contribution in [2.75, 3.05) is 57.4 Å². The first-order chi connectivity index (χ1) is 22.0. The summed E-state index contributed by atoms with van der Waals surface area (Å²) in [5, 5.41) is 25.8. The van der Waals surface area contributed by atoms with E-state index >= 15 is 0 Å². The second-order valence-electron chi connectivity index (χ2n) is 11.8. The van der Waals surface area contributed by atoms with Gasteiger partial charge in [0.05, 0.1) is 73.9 Å². The SMILES string of the molecule is CC(C)OCC(O)CNC(=O)CN1CCCCCOc2ccccc2N(CC(=O)NCC(O)COC(C)C)c2cncc(c2)C1=O. The molecule has 1 aliphatic rings. The standard InChI is InChI=1S/C33H49N5O8/c1-23(2)45-21-27(39)17-35-31(41)19-37-12-8-5-9-13-44-30-11-7-6-10-29(30)38(26-14-25(33(37)43)15-34-16-26)20-32(42)36-18-28(40)22-46-24(3)4/h6-7,10-11,14-16,23-24,27-28,39-40H,5,8-9,12-13,17-22H2,1-4H3,(H,35,41)(H,36,42). The number of ether oxygens (including phenoxy) is 3. The Labute approximate surface area is 271 Å². The summed E-state index contributed by atoms with van der Waals surface area (Å²) in [7, 11) is 0. The highest BCUT2D eigenvalue weighted by molar-refractivity contribution is 5.97. The summed E-state index contributed by atoms with van der Waals surface area (Å²) in [5.74, 6) is -0.574. The van der Waals surface area contributed by atoms with E-state index in [9.17, 15) is 24.6 Å². The molecule has 13 nitrogen and oxygen atoms in total. The highest BCUT2D eigenvalue weighted by atomic mass is 16.5. The third-order valence-electron chi connectivity index (χ3n) is 7.01. The van der Waals surface area contributed by atoms with E-state index < -0.39 is 18.1 Å². The van der Waals surface area contributed by atoms with Crippen LogP contribution in [-0.2, 0) is 19.1 Å². The molecule has 0 saturated carbocycles. The van der Waals surface area contributed by atoms with E-state index in [1.54, 1.807) is 17.2 Å². The fourth-order valence-electron chi connectivity index (χ4n) is 4.63. The minimum Gasteiger partial charge on any atom is -0.491 e. The molecule has 3 amide bonds. The Balaban J connectivity index is 1.82. The first kappa shape index (κ1) is 36.7. The summed E-state index contributed by atoms with van der Waals surface area (Å²) in [6.45, 7) is 8.04. The lowest BCUT2D eigenvalue weighted by Crippen LogP contribution is -2.44. The van der Waals surface area contributed by atoms with Gasteiger partial charge in [0.15, 0.2) is 0 Å². The van der Waals surface area contributed by atoms with Gasteiger partial charge in [-0.3, -0.25) is 19.4 Å². The van der Waals surface area contributed by atoms with Gasteiger partial charge in [0.2, 0.25) is 11.8 Å². The third kappa shape index (κ3) is 12.5. The number of aromatic nitrogens is 1. The zero-order valence-electron chi connectivity index (χ0n) is 27.3. The number of nitrogens with zero attached hydrogens (tertiary/aromatic N) is 3. The zero-order chi connectivity index (χ0) is 33.5. The van der Waals surface area contributed by atoms with Gasteiger partial charge < -0.3 is 44.9 Å². The molecule has 13 heteroatoms. The van der Waals surface area contributed by atoms with Crippen LogP contribution in [0.5, 0.6) is 5.75 Å². The summed E-state index contributed by atoms with van der Waals surface area (Å²) in [5.41, 5.74) is 1.33. The molecule has 1 aromatic heterocycles. The largest absolute Gasteiger partial charge is 0.491 e. The molecular weight excluding hydrogens is 594 g/mol. The predicted molar refractivity (Wildman–Crippen MR) is 173 cm³/mol. The van der Waals surface area contributed by atoms with Crippen LogP contribution in [0.15, 0.2) is 42.7 Å². The number of benzene rings is 1. The van der Waals surface area contributed by atoms with Gasteiger partial charge in [-0.05, 0) is 65.2 Å². The lowest BCUT2D eigenvalue weighted by atomic mass is 10.1. The molecule has 0 radical (unpaired) electrons. The van der Waals surface area contributed by atoms with Crippen LogP contribution in [0, 0.1) is 0 Å². The van der Waals surface area contributed by atoms with Crippen LogP contribution in [0.4, 0.5) is 11.4 Å². The van der Waals surface area contributed by atoms with Gasteiger partial charge in [-0.15, -0.1) is 0 Å². The fourth-order valence-corrected chi connectivity index (χ4v) is 4.63. The van der Waals surface area contributed by atoms with Crippen LogP contribution in [0.2, 0.25) is 0 Å². The molecule has 2 bridgehead atoms. The number of hydrogen-bond acceptors (Lipinski definition) is 10. The molecule has 0 fully saturated rings. The summed E-state index contributed by atoms with van der Waals surface area (Å²) < 4.78 is 17.0. The van der Waals surface area contributed by atoms with Crippen molar-refractivity contribution in [2.24, 2.45) is 0 Å². The first-order valence-electron chi connectivity index (χ1n) is 15.9. The van der Waals surface area contributed by atoms with Crippen LogP contribution in [0.25, 0.3) is 0 Å². The molecule has 0 saturated heterocycles. The van der Waals surface area contributed by atoms with E-state index in [2.05, 4.69) is 15.6 Å². The highest BCUT2D eigenvalue weighted by Gasteiger charge is 2.24. The van der Waals surface area contributed by atoms with Crippen molar-refractivity contribution in [1.82, 2.24) is 20.5 Å². The molecule has 0 aliphatic carbocycles. The molecule has 2 heterocycles. The van der Waals surface area contributed by atoms with Gasteiger partial charge in [-0.1, -0.05) is 12.1 Å². The molecule has 0 spiro atoms. The maximum absolute atomic E-state index is 13.8. The fraction of sp³-hybridized carbons (Fsp3) is 0.576. The van der Waals surface area contributed by atoms with Gasteiger partial charge in [0.1, 0.15) is 12.3 Å². The second kappa shape index (κ2) is 19.0.